The summed E-state index contributed by atoms with van der Waals surface area (Å²) in [4.78, 5) is 14.2. The van der Waals surface area contributed by atoms with Gasteiger partial charge in [0, 0.05) is 17.3 Å². The van der Waals surface area contributed by atoms with Crippen molar-refractivity contribution in [3.05, 3.63) is 53.9 Å². The van der Waals surface area contributed by atoms with Crippen LogP contribution < -0.4 is 0 Å². The number of nitrogens with zero attached hydrogens (tertiary/aromatic N) is 1. The summed E-state index contributed by atoms with van der Waals surface area (Å²) in [7, 11) is 0. The highest BCUT2D eigenvalue weighted by molar-refractivity contribution is 5.76. The van der Waals surface area contributed by atoms with Crippen LogP contribution in [0.15, 0.2) is 36.5 Å². The zero-order valence-corrected chi connectivity index (χ0v) is 9.23. The molecule has 0 spiro atoms. The molecule has 92 valence electrons. The smallest absolute Gasteiger partial charge is 0.307 e. The molecule has 0 amide bonds. The number of hydrogen-bond donors (Lipinski definition) is 1. The van der Waals surface area contributed by atoms with Gasteiger partial charge in [-0.2, -0.15) is 4.39 Å². The van der Waals surface area contributed by atoms with Crippen LogP contribution in [0.3, 0.4) is 0 Å². The van der Waals surface area contributed by atoms with Gasteiger partial charge in [-0.3, -0.25) is 4.79 Å². The minimum absolute atomic E-state index is 0.195. The van der Waals surface area contributed by atoms with E-state index in [1.807, 2.05) is 0 Å². The van der Waals surface area contributed by atoms with Gasteiger partial charge in [-0.1, -0.05) is 18.2 Å². The lowest BCUT2D eigenvalue weighted by atomic mass is 9.99. The predicted octanol–water partition coefficient (Wildman–Crippen LogP) is 2.65. The Kier molecular flexibility index (Phi) is 3.32. The Morgan fingerprint density at radius 1 is 1.22 bits per heavy atom. The second-order valence-electron chi connectivity index (χ2n) is 3.71. The van der Waals surface area contributed by atoms with E-state index in [1.54, 1.807) is 6.07 Å². The zero-order valence-electron chi connectivity index (χ0n) is 9.23. The Morgan fingerprint density at radius 3 is 2.61 bits per heavy atom. The molecule has 3 nitrogen and oxygen atoms in total. The molecule has 0 unspecified atom stereocenters. The fourth-order valence-electron chi connectivity index (χ4n) is 1.70. The summed E-state index contributed by atoms with van der Waals surface area (Å²) >= 11 is 0. The normalized spacial score (nSPS) is 10.3. The van der Waals surface area contributed by atoms with Crippen molar-refractivity contribution >= 4 is 5.97 Å². The minimum Gasteiger partial charge on any atom is -0.481 e. The highest BCUT2D eigenvalue weighted by atomic mass is 19.1. The molecule has 1 aromatic heterocycles. The molecule has 18 heavy (non-hydrogen) atoms. The summed E-state index contributed by atoms with van der Waals surface area (Å²) in [6.45, 7) is 0. The molecule has 0 saturated carbocycles. The van der Waals surface area contributed by atoms with Crippen molar-refractivity contribution in [2.45, 2.75) is 6.42 Å². The molecule has 2 aromatic rings. The number of halogens is 2. The van der Waals surface area contributed by atoms with E-state index in [2.05, 4.69) is 4.98 Å². The maximum atomic E-state index is 13.6. The van der Waals surface area contributed by atoms with Crippen molar-refractivity contribution < 1.29 is 18.7 Å². The molecule has 0 radical (unpaired) electrons. The third-order valence-corrected chi connectivity index (χ3v) is 2.46. The van der Waals surface area contributed by atoms with Crippen molar-refractivity contribution in [3.8, 4) is 11.1 Å². The SMILES string of the molecule is O=C(O)Cc1cc(F)ncc1-c1ccccc1F. The molecule has 1 aromatic carbocycles. The highest BCUT2D eigenvalue weighted by Crippen LogP contribution is 2.26. The first-order chi connectivity index (χ1) is 8.58. The number of aliphatic carboxylic acids is 1. The predicted molar refractivity (Wildman–Crippen MR) is 60.9 cm³/mol. The largest absolute Gasteiger partial charge is 0.481 e. The fourth-order valence-corrected chi connectivity index (χ4v) is 1.70. The quantitative estimate of drug-likeness (QED) is 0.851. The number of carboxylic acid groups (broad SMARTS) is 1. The number of aromatic nitrogens is 1. The van der Waals surface area contributed by atoms with Gasteiger partial charge in [0.1, 0.15) is 5.82 Å². The molecule has 5 heteroatoms. The van der Waals surface area contributed by atoms with Crippen molar-refractivity contribution in [3.63, 3.8) is 0 Å². The van der Waals surface area contributed by atoms with Gasteiger partial charge < -0.3 is 5.11 Å². The summed E-state index contributed by atoms with van der Waals surface area (Å²) in [5.41, 5.74) is 0.693. The highest BCUT2D eigenvalue weighted by Gasteiger charge is 2.13. The average Bonchev–Trinajstić information content (AvgIpc) is 2.30. The maximum absolute atomic E-state index is 13.6. The van der Waals surface area contributed by atoms with E-state index < -0.39 is 17.7 Å². The van der Waals surface area contributed by atoms with Crippen molar-refractivity contribution in [1.82, 2.24) is 4.98 Å². The fraction of sp³-hybridized carbons (Fsp3) is 0.0769. The van der Waals surface area contributed by atoms with Gasteiger partial charge in [0.2, 0.25) is 5.95 Å². The minimum atomic E-state index is -1.11. The van der Waals surface area contributed by atoms with Crippen LogP contribution in [0.25, 0.3) is 11.1 Å². The molecule has 1 heterocycles. The monoisotopic (exact) mass is 249 g/mol. The average molecular weight is 249 g/mol. The lowest BCUT2D eigenvalue weighted by molar-refractivity contribution is -0.136. The van der Waals surface area contributed by atoms with Crippen LogP contribution >= 0.6 is 0 Å². The van der Waals surface area contributed by atoms with Gasteiger partial charge in [0.05, 0.1) is 6.42 Å². The third-order valence-electron chi connectivity index (χ3n) is 2.46. The first kappa shape index (κ1) is 12.2. The number of hydrogen-bond acceptors (Lipinski definition) is 2. The Balaban J connectivity index is 2.57. The standard InChI is InChI=1S/C13H9F2NO2/c14-11-4-2-1-3-9(11)10-7-16-12(15)5-8(10)6-13(17)18/h1-5,7H,6H2,(H,17,18). The van der Waals surface area contributed by atoms with E-state index in [0.717, 1.165) is 12.3 Å². The van der Waals surface area contributed by atoms with Gasteiger partial charge >= 0.3 is 5.97 Å². The van der Waals surface area contributed by atoms with Gasteiger partial charge in [-0.05, 0) is 17.7 Å². The van der Waals surface area contributed by atoms with Gasteiger partial charge in [-0.25, -0.2) is 9.37 Å². The van der Waals surface area contributed by atoms with Crippen LogP contribution in [0.4, 0.5) is 8.78 Å². The Bertz CT molecular complexity index is 599. The number of carbonyl (C=O) groups is 1. The second-order valence-corrected chi connectivity index (χ2v) is 3.71. The van der Waals surface area contributed by atoms with Crippen molar-refractivity contribution in [1.29, 1.82) is 0 Å². The van der Waals surface area contributed by atoms with E-state index in [-0.39, 0.29) is 23.1 Å². The van der Waals surface area contributed by atoms with Gasteiger partial charge in [0.25, 0.3) is 0 Å². The molecule has 0 bridgehead atoms. The number of benzene rings is 1. The molecular formula is C13H9F2NO2. The summed E-state index contributed by atoms with van der Waals surface area (Å²) in [6, 6.07) is 6.90. The molecular weight excluding hydrogens is 240 g/mol. The molecule has 0 aliphatic heterocycles. The first-order valence-electron chi connectivity index (χ1n) is 5.19. The van der Waals surface area contributed by atoms with Crippen LogP contribution in [-0.2, 0) is 11.2 Å². The van der Waals surface area contributed by atoms with Crippen molar-refractivity contribution in [2.24, 2.45) is 0 Å². The van der Waals surface area contributed by atoms with Crippen molar-refractivity contribution in [2.75, 3.05) is 0 Å². The van der Waals surface area contributed by atoms with Crippen LogP contribution in [0.5, 0.6) is 0 Å². The van der Waals surface area contributed by atoms with E-state index in [9.17, 15) is 13.6 Å². The molecule has 0 saturated heterocycles. The Hall–Kier alpha value is -2.30. The maximum Gasteiger partial charge on any atom is 0.307 e. The Morgan fingerprint density at radius 2 is 1.94 bits per heavy atom. The molecule has 0 aliphatic carbocycles. The summed E-state index contributed by atoms with van der Waals surface area (Å²) in [6.07, 6.45) is 0.759. The van der Waals surface area contributed by atoms with E-state index in [0.29, 0.717) is 0 Å². The summed E-state index contributed by atoms with van der Waals surface area (Å²) in [5.74, 6) is -2.40. The van der Waals surface area contributed by atoms with E-state index in [1.165, 1.54) is 18.2 Å². The summed E-state index contributed by atoms with van der Waals surface area (Å²) in [5, 5.41) is 8.76. The molecule has 1 N–H and O–H groups in total. The van der Waals surface area contributed by atoms with Crippen LogP contribution in [-0.4, -0.2) is 16.1 Å². The number of carboxylic acids is 1. The number of pyridine rings is 1. The third kappa shape index (κ3) is 2.51. The summed E-state index contributed by atoms with van der Waals surface area (Å²) < 4.78 is 26.6. The molecule has 0 fully saturated rings. The molecule has 2 rings (SSSR count). The molecule has 0 aliphatic rings. The van der Waals surface area contributed by atoms with Gasteiger partial charge in [0.15, 0.2) is 0 Å². The second kappa shape index (κ2) is 4.91. The first-order valence-corrected chi connectivity index (χ1v) is 5.19. The lowest BCUT2D eigenvalue weighted by Gasteiger charge is -2.08. The molecule has 0 atom stereocenters. The van der Waals surface area contributed by atoms with E-state index >= 15 is 0 Å². The van der Waals surface area contributed by atoms with Crippen LogP contribution in [0, 0.1) is 11.8 Å². The van der Waals surface area contributed by atoms with Crippen LogP contribution in [0.1, 0.15) is 5.56 Å². The number of rotatable bonds is 3. The topological polar surface area (TPSA) is 50.2 Å². The zero-order chi connectivity index (χ0) is 13.1. The van der Waals surface area contributed by atoms with Gasteiger partial charge in [-0.15, -0.1) is 0 Å². The van der Waals surface area contributed by atoms with E-state index in [4.69, 9.17) is 5.11 Å². The lowest BCUT2D eigenvalue weighted by Crippen LogP contribution is -2.04. The Labute approximate surface area is 102 Å². The van der Waals surface area contributed by atoms with Crippen LogP contribution in [0.2, 0.25) is 0 Å².